The third-order valence-corrected chi connectivity index (χ3v) is 3.18. The Hall–Kier alpha value is -1.48. The maximum absolute atomic E-state index is 9.36. The number of hydrogen-bond acceptors (Lipinski definition) is 3. The molecule has 3 heteroatoms. The van der Waals surface area contributed by atoms with Gasteiger partial charge in [0, 0.05) is 6.54 Å². The summed E-state index contributed by atoms with van der Waals surface area (Å²) in [5, 5.41) is 21.9. The van der Waals surface area contributed by atoms with Crippen molar-refractivity contribution in [3.63, 3.8) is 0 Å². The van der Waals surface area contributed by atoms with E-state index in [1.807, 2.05) is 6.07 Å². The summed E-state index contributed by atoms with van der Waals surface area (Å²) in [5.74, 6) is 0.613. The van der Waals surface area contributed by atoms with Gasteiger partial charge in [-0.15, -0.1) is 0 Å². The van der Waals surface area contributed by atoms with Crippen molar-refractivity contribution >= 4 is 0 Å². The molecule has 0 aliphatic heterocycles. The molecule has 0 spiro atoms. The normalized spacial score (nSPS) is 19.4. The van der Waals surface area contributed by atoms with E-state index in [2.05, 4.69) is 17.5 Å². The second kappa shape index (κ2) is 5.73. The SMILES string of the molecule is Oc1ccc(CNCC2CC=CCC2)cc1O. The maximum Gasteiger partial charge on any atom is 0.157 e. The highest BCUT2D eigenvalue weighted by Gasteiger charge is 2.09. The Morgan fingerprint density at radius 1 is 1.18 bits per heavy atom. The van der Waals surface area contributed by atoms with Crippen LogP contribution in [-0.2, 0) is 6.54 Å². The molecule has 0 bridgehead atoms. The van der Waals surface area contributed by atoms with Gasteiger partial charge in [-0.05, 0) is 49.4 Å². The van der Waals surface area contributed by atoms with Gasteiger partial charge in [-0.25, -0.2) is 0 Å². The fourth-order valence-electron chi connectivity index (χ4n) is 2.14. The van der Waals surface area contributed by atoms with Crippen molar-refractivity contribution in [1.82, 2.24) is 5.32 Å². The first kappa shape index (κ1) is 12.0. The van der Waals surface area contributed by atoms with Gasteiger partial charge in [-0.2, -0.15) is 0 Å². The van der Waals surface area contributed by atoms with Crippen molar-refractivity contribution in [2.45, 2.75) is 25.8 Å². The smallest absolute Gasteiger partial charge is 0.157 e. The van der Waals surface area contributed by atoms with Crippen molar-refractivity contribution in [3.8, 4) is 11.5 Å². The van der Waals surface area contributed by atoms with Crippen LogP contribution in [0.3, 0.4) is 0 Å². The number of allylic oxidation sites excluding steroid dienone is 2. The molecule has 3 nitrogen and oxygen atoms in total. The fraction of sp³-hybridized carbons (Fsp3) is 0.429. The largest absolute Gasteiger partial charge is 0.504 e. The quantitative estimate of drug-likeness (QED) is 0.553. The molecule has 2 rings (SSSR count). The van der Waals surface area contributed by atoms with E-state index in [4.69, 9.17) is 0 Å². The van der Waals surface area contributed by atoms with Crippen LogP contribution in [0.15, 0.2) is 30.4 Å². The average Bonchev–Trinajstić information content (AvgIpc) is 2.35. The Morgan fingerprint density at radius 2 is 2.06 bits per heavy atom. The molecule has 0 saturated heterocycles. The summed E-state index contributed by atoms with van der Waals surface area (Å²) in [7, 11) is 0. The lowest BCUT2D eigenvalue weighted by molar-refractivity contribution is 0.402. The molecule has 0 amide bonds. The van der Waals surface area contributed by atoms with Crippen LogP contribution in [0.1, 0.15) is 24.8 Å². The molecule has 1 aromatic rings. The summed E-state index contributed by atoms with van der Waals surface area (Å²) in [4.78, 5) is 0. The topological polar surface area (TPSA) is 52.5 Å². The Labute approximate surface area is 102 Å². The van der Waals surface area contributed by atoms with Crippen LogP contribution in [-0.4, -0.2) is 16.8 Å². The van der Waals surface area contributed by atoms with E-state index < -0.39 is 0 Å². The van der Waals surface area contributed by atoms with E-state index in [-0.39, 0.29) is 11.5 Å². The first-order valence-corrected chi connectivity index (χ1v) is 6.12. The number of aromatic hydroxyl groups is 2. The lowest BCUT2D eigenvalue weighted by atomic mass is 9.94. The summed E-state index contributed by atoms with van der Waals surface area (Å²) in [6.45, 7) is 1.74. The molecule has 0 saturated carbocycles. The van der Waals surface area contributed by atoms with Gasteiger partial charge >= 0.3 is 0 Å². The molecule has 0 heterocycles. The van der Waals surface area contributed by atoms with Crippen LogP contribution < -0.4 is 5.32 Å². The summed E-state index contributed by atoms with van der Waals surface area (Å²) in [6, 6.07) is 4.95. The molecule has 1 aliphatic rings. The van der Waals surface area contributed by atoms with Crippen LogP contribution in [0.2, 0.25) is 0 Å². The third-order valence-electron chi connectivity index (χ3n) is 3.18. The third kappa shape index (κ3) is 3.49. The predicted octanol–water partition coefficient (Wildman–Crippen LogP) is 2.54. The number of nitrogens with one attached hydrogen (secondary N) is 1. The minimum atomic E-state index is -0.0637. The van der Waals surface area contributed by atoms with Crippen molar-refractivity contribution < 1.29 is 10.2 Å². The minimum absolute atomic E-state index is 0.0510. The molecule has 92 valence electrons. The molecular weight excluding hydrogens is 214 g/mol. The van der Waals surface area contributed by atoms with Gasteiger partial charge in [0.25, 0.3) is 0 Å². The summed E-state index contributed by atoms with van der Waals surface area (Å²) >= 11 is 0. The van der Waals surface area contributed by atoms with Crippen LogP contribution >= 0.6 is 0 Å². The van der Waals surface area contributed by atoms with E-state index >= 15 is 0 Å². The molecule has 1 atom stereocenters. The monoisotopic (exact) mass is 233 g/mol. The number of rotatable bonds is 4. The minimum Gasteiger partial charge on any atom is -0.504 e. The van der Waals surface area contributed by atoms with E-state index in [0.717, 1.165) is 31.0 Å². The van der Waals surface area contributed by atoms with Gasteiger partial charge in [0.15, 0.2) is 11.5 Å². The first-order chi connectivity index (χ1) is 8.25. The molecule has 0 aromatic heterocycles. The highest BCUT2D eigenvalue weighted by atomic mass is 16.3. The van der Waals surface area contributed by atoms with Gasteiger partial charge in [0.2, 0.25) is 0 Å². The number of benzene rings is 1. The molecular formula is C14H19NO2. The second-order valence-electron chi connectivity index (χ2n) is 4.60. The zero-order valence-corrected chi connectivity index (χ0v) is 9.89. The average molecular weight is 233 g/mol. The number of phenols is 2. The van der Waals surface area contributed by atoms with Crippen molar-refractivity contribution in [1.29, 1.82) is 0 Å². The van der Waals surface area contributed by atoms with Crippen LogP contribution in [0.4, 0.5) is 0 Å². The Kier molecular flexibility index (Phi) is 4.04. The molecule has 17 heavy (non-hydrogen) atoms. The zero-order valence-electron chi connectivity index (χ0n) is 9.89. The highest BCUT2D eigenvalue weighted by molar-refractivity contribution is 5.40. The second-order valence-corrected chi connectivity index (χ2v) is 4.60. The van der Waals surface area contributed by atoms with Crippen molar-refractivity contribution in [3.05, 3.63) is 35.9 Å². The summed E-state index contributed by atoms with van der Waals surface area (Å²) in [5.41, 5.74) is 0.992. The number of phenolic OH excluding ortho intramolecular Hbond substituents is 2. The standard InChI is InChI=1S/C14H19NO2/c16-13-7-6-12(8-14(13)17)10-15-9-11-4-2-1-3-5-11/h1-2,6-8,11,15-17H,3-5,9-10H2. The van der Waals surface area contributed by atoms with E-state index in [1.165, 1.54) is 18.9 Å². The van der Waals surface area contributed by atoms with Crippen molar-refractivity contribution in [2.75, 3.05) is 6.54 Å². The molecule has 3 N–H and O–H groups in total. The lowest BCUT2D eigenvalue weighted by Gasteiger charge is -2.18. The molecule has 0 fully saturated rings. The van der Waals surface area contributed by atoms with E-state index in [1.54, 1.807) is 6.07 Å². The predicted molar refractivity (Wildman–Crippen MR) is 68.0 cm³/mol. The maximum atomic E-state index is 9.36. The van der Waals surface area contributed by atoms with Gasteiger partial charge in [0.1, 0.15) is 0 Å². The van der Waals surface area contributed by atoms with Crippen LogP contribution in [0.25, 0.3) is 0 Å². The van der Waals surface area contributed by atoms with Crippen molar-refractivity contribution in [2.24, 2.45) is 5.92 Å². The van der Waals surface area contributed by atoms with Gasteiger partial charge in [-0.1, -0.05) is 18.2 Å². The van der Waals surface area contributed by atoms with Gasteiger partial charge in [-0.3, -0.25) is 0 Å². The molecule has 1 aliphatic carbocycles. The van der Waals surface area contributed by atoms with Gasteiger partial charge in [0.05, 0.1) is 0 Å². The van der Waals surface area contributed by atoms with E-state index in [0.29, 0.717) is 0 Å². The summed E-state index contributed by atoms with van der Waals surface area (Å²) in [6.07, 6.45) is 8.10. The molecule has 1 aromatic carbocycles. The fourth-order valence-corrected chi connectivity index (χ4v) is 2.14. The summed E-state index contributed by atoms with van der Waals surface area (Å²) < 4.78 is 0. The Morgan fingerprint density at radius 3 is 2.76 bits per heavy atom. The molecule has 1 unspecified atom stereocenters. The highest BCUT2D eigenvalue weighted by Crippen LogP contribution is 2.24. The number of hydrogen-bond donors (Lipinski definition) is 3. The lowest BCUT2D eigenvalue weighted by Crippen LogP contribution is -2.23. The zero-order chi connectivity index (χ0) is 12.1. The van der Waals surface area contributed by atoms with Crippen LogP contribution in [0.5, 0.6) is 11.5 Å². The van der Waals surface area contributed by atoms with Crippen LogP contribution in [0, 0.1) is 5.92 Å². The molecule has 0 radical (unpaired) electrons. The van der Waals surface area contributed by atoms with Gasteiger partial charge < -0.3 is 15.5 Å². The Bertz CT molecular complexity index is 401. The first-order valence-electron chi connectivity index (χ1n) is 6.12. The van der Waals surface area contributed by atoms with E-state index in [9.17, 15) is 10.2 Å². The Balaban J connectivity index is 1.77.